The number of hydrogen-bond acceptors (Lipinski definition) is 4. The molecule has 0 saturated carbocycles. The minimum Gasteiger partial charge on any atom is -0.444 e. The summed E-state index contributed by atoms with van der Waals surface area (Å²) in [4.78, 5) is 14.0. The molecule has 5 nitrogen and oxygen atoms in total. The Balaban J connectivity index is 2.64. The summed E-state index contributed by atoms with van der Waals surface area (Å²) < 4.78 is 22.1. The number of benzene rings is 1. The van der Waals surface area contributed by atoms with Gasteiger partial charge in [0.15, 0.2) is 6.16 Å². The highest BCUT2D eigenvalue weighted by molar-refractivity contribution is 7.39. The van der Waals surface area contributed by atoms with Gasteiger partial charge in [-0.25, -0.2) is 4.79 Å². The molecular weight excluding hydrogens is 313 g/mol. The first kappa shape index (κ1) is 19.6. The standard InChI is InChI=1S/C17H27NO4P/c1-5-21-23(20)13-9-12-18(16(19)22-17(2,3)4)14-15-10-7-6-8-11-15/h6-8,10-11H,5,9,12-14H2,1-4H3/q+1. The number of amides is 1. The molecule has 1 amide bonds. The van der Waals surface area contributed by atoms with Gasteiger partial charge in [0.1, 0.15) is 5.60 Å². The number of hydrogen-bond donors (Lipinski definition) is 0. The van der Waals surface area contributed by atoms with Gasteiger partial charge in [0.25, 0.3) is 0 Å². The number of ether oxygens (including phenoxy) is 1. The topological polar surface area (TPSA) is 55.8 Å². The minimum absolute atomic E-state index is 0.354. The van der Waals surface area contributed by atoms with Gasteiger partial charge in [-0.2, -0.15) is 0 Å². The molecule has 6 heteroatoms. The van der Waals surface area contributed by atoms with Gasteiger partial charge in [0.05, 0.1) is 6.61 Å². The summed E-state index contributed by atoms with van der Waals surface area (Å²) >= 11 is 0. The molecule has 0 aromatic heterocycles. The fraction of sp³-hybridized carbons (Fsp3) is 0.588. The summed E-state index contributed by atoms with van der Waals surface area (Å²) in [7, 11) is -1.65. The third-order valence-electron chi connectivity index (χ3n) is 2.91. The fourth-order valence-electron chi connectivity index (χ4n) is 1.96. The summed E-state index contributed by atoms with van der Waals surface area (Å²) in [5.74, 6) is 0. The molecule has 23 heavy (non-hydrogen) atoms. The highest BCUT2D eigenvalue weighted by atomic mass is 31.1. The molecule has 1 aromatic carbocycles. The van der Waals surface area contributed by atoms with Crippen LogP contribution in [0.5, 0.6) is 0 Å². The lowest BCUT2D eigenvalue weighted by Crippen LogP contribution is -2.37. The van der Waals surface area contributed by atoms with E-state index in [1.807, 2.05) is 58.0 Å². The molecule has 1 aromatic rings. The number of rotatable bonds is 8. The Labute approximate surface area is 139 Å². The van der Waals surface area contributed by atoms with Crippen molar-refractivity contribution in [2.45, 2.75) is 46.3 Å². The Morgan fingerprint density at radius 2 is 1.87 bits per heavy atom. The van der Waals surface area contributed by atoms with Crippen LogP contribution in [-0.2, 0) is 20.4 Å². The predicted molar refractivity (Wildman–Crippen MR) is 91.8 cm³/mol. The van der Waals surface area contributed by atoms with Crippen molar-refractivity contribution in [2.75, 3.05) is 19.3 Å². The molecular formula is C17H27NO4P+. The van der Waals surface area contributed by atoms with Crippen LogP contribution in [0.1, 0.15) is 39.7 Å². The SMILES string of the molecule is CCO[P+](=O)CCCN(Cc1ccccc1)C(=O)OC(C)(C)C. The van der Waals surface area contributed by atoms with Gasteiger partial charge < -0.3 is 9.64 Å². The van der Waals surface area contributed by atoms with Crippen LogP contribution in [0.4, 0.5) is 4.79 Å². The van der Waals surface area contributed by atoms with Crippen LogP contribution in [0.25, 0.3) is 0 Å². The zero-order chi connectivity index (χ0) is 17.3. The van der Waals surface area contributed by atoms with Crippen molar-refractivity contribution < 1.29 is 18.6 Å². The van der Waals surface area contributed by atoms with E-state index in [1.165, 1.54) is 0 Å². The summed E-state index contributed by atoms with van der Waals surface area (Å²) in [6.07, 6.45) is 0.700. The van der Waals surface area contributed by atoms with Crippen molar-refractivity contribution in [3.8, 4) is 0 Å². The van der Waals surface area contributed by atoms with Gasteiger partial charge >= 0.3 is 14.1 Å². The second-order valence-electron chi connectivity index (χ2n) is 6.22. The quantitative estimate of drug-likeness (QED) is 0.649. The maximum absolute atomic E-state index is 12.4. The maximum atomic E-state index is 12.4. The van der Waals surface area contributed by atoms with E-state index in [9.17, 15) is 9.36 Å². The Morgan fingerprint density at radius 3 is 2.43 bits per heavy atom. The third-order valence-corrected chi connectivity index (χ3v) is 4.14. The zero-order valence-corrected chi connectivity index (χ0v) is 15.3. The molecule has 0 aliphatic rings. The zero-order valence-electron chi connectivity index (χ0n) is 14.4. The van der Waals surface area contributed by atoms with Gasteiger partial charge in [0.2, 0.25) is 0 Å². The second-order valence-corrected chi connectivity index (χ2v) is 7.59. The number of carbonyl (C=O) groups is 1. The fourth-order valence-corrected chi connectivity index (χ4v) is 2.78. The monoisotopic (exact) mass is 340 g/mol. The first-order valence-corrected chi connectivity index (χ1v) is 9.27. The smallest absolute Gasteiger partial charge is 0.444 e. The van der Waals surface area contributed by atoms with E-state index in [-0.39, 0.29) is 6.09 Å². The average molecular weight is 340 g/mol. The number of carbonyl (C=O) groups excluding carboxylic acids is 1. The second kappa shape index (κ2) is 9.64. The minimum atomic E-state index is -1.65. The molecule has 0 fully saturated rings. The summed E-state index contributed by atoms with van der Waals surface area (Å²) in [6, 6.07) is 9.76. The van der Waals surface area contributed by atoms with E-state index < -0.39 is 13.6 Å². The van der Waals surface area contributed by atoms with Gasteiger partial charge in [-0.3, -0.25) is 0 Å². The van der Waals surface area contributed by atoms with Crippen molar-refractivity contribution in [1.29, 1.82) is 0 Å². The molecule has 0 aliphatic carbocycles. The molecule has 1 atom stereocenters. The summed E-state index contributed by atoms with van der Waals surface area (Å²) in [5, 5.41) is 0. The van der Waals surface area contributed by atoms with E-state index in [2.05, 4.69) is 0 Å². The van der Waals surface area contributed by atoms with Gasteiger partial charge in [-0.1, -0.05) is 30.3 Å². The van der Waals surface area contributed by atoms with Crippen molar-refractivity contribution >= 4 is 14.1 Å². The maximum Gasteiger partial charge on any atom is 0.508 e. The molecule has 0 spiro atoms. The van der Waals surface area contributed by atoms with Crippen LogP contribution in [0.3, 0.4) is 0 Å². The normalized spacial score (nSPS) is 11.9. The van der Waals surface area contributed by atoms with Crippen molar-refractivity contribution in [3.05, 3.63) is 35.9 Å². The molecule has 0 N–H and O–H groups in total. The van der Waals surface area contributed by atoms with E-state index in [1.54, 1.807) is 4.90 Å². The molecule has 1 unspecified atom stereocenters. The molecule has 0 heterocycles. The van der Waals surface area contributed by atoms with Crippen LogP contribution in [0.15, 0.2) is 30.3 Å². The van der Waals surface area contributed by atoms with Crippen molar-refractivity contribution in [3.63, 3.8) is 0 Å². The number of nitrogens with zero attached hydrogens (tertiary/aromatic N) is 1. The van der Waals surface area contributed by atoms with E-state index >= 15 is 0 Å². The molecule has 1 rings (SSSR count). The largest absolute Gasteiger partial charge is 0.508 e. The van der Waals surface area contributed by atoms with Crippen molar-refractivity contribution in [1.82, 2.24) is 4.90 Å². The van der Waals surface area contributed by atoms with E-state index in [4.69, 9.17) is 9.26 Å². The average Bonchev–Trinajstić information content (AvgIpc) is 2.46. The van der Waals surface area contributed by atoms with Crippen LogP contribution < -0.4 is 0 Å². The first-order chi connectivity index (χ1) is 10.8. The first-order valence-electron chi connectivity index (χ1n) is 7.91. The molecule has 0 aliphatic heterocycles. The van der Waals surface area contributed by atoms with Crippen LogP contribution in [0.2, 0.25) is 0 Å². The lowest BCUT2D eigenvalue weighted by Gasteiger charge is -2.27. The summed E-state index contributed by atoms with van der Waals surface area (Å²) in [6.45, 7) is 8.75. The van der Waals surface area contributed by atoms with Crippen LogP contribution in [-0.4, -0.2) is 35.9 Å². The molecule has 0 bridgehead atoms. The molecule has 0 saturated heterocycles. The summed E-state index contributed by atoms with van der Waals surface area (Å²) in [5.41, 5.74) is 0.496. The van der Waals surface area contributed by atoms with E-state index in [0.29, 0.717) is 32.3 Å². The Kier molecular flexibility index (Phi) is 8.21. The van der Waals surface area contributed by atoms with E-state index in [0.717, 1.165) is 5.56 Å². The third kappa shape index (κ3) is 8.68. The van der Waals surface area contributed by atoms with Crippen molar-refractivity contribution in [2.24, 2.45) is 0 Å². The Hall–Kier alpha value is -1.45. The molecule has 128 valence electrons. The molecule has 0 radical (unpaired) electrons. The highest BCUT2D eigenvalue weighted by Crippen LogP contribution is 2.23. The van der Waals surface area contributed by atoms with Gasteiger partial charge in [-0.05, 0) is 37.8 Å². The van der Waals surface area contributed by atoms with Gasteiger partial charge in [-0.15, -0.1) is 4.52 Å². The van der Waals surface area contributed by atoms with Crippen LogP contribution in [0, 0.1) is 0 Å². The Bertz CT molecular complexity index is 499. The predicted octanol–water partition coefficient (Wildman–Crippen LogP) is 4.59. The lowest BCUT2D eigenvalue weighted by molar-refractivity contribution is 0.0233. The lowest BCUT2D eigenvalue weighted by atomic mass is 10.2. The van der Waals surface area contributed by atoms with Crippen LogP contribution >= 0.6 is 8.03 Å². The Morgan fingerprint density at radius 1 is 1.22 bits per heavy atom. The highest BCUT2D eigenvalue weighted by Gasteiger charge is 2.24. The van der Waals surface area contributed by atoms with Gasteiger partial charge in [0, 0.05) is 19.5 Å².